The Hall–Kier alpha value is -1.44. The van der Waals surface area contributed by atoms with Crippen molar-refractivity contribution in [3.8, 4) is 5.69 Å². The predicted octanol–water partition coefficient (Wildman–Crippen LogP) is 4.06. The van der Waals surface area contributed by atoms with E-state index in [1.54, 1.807) is 0 Å². The highest BCUT2D eigenvalue weighted by Crippen LogP contribution is 2.26. The number of thioether (sulfide) groups is 1. The van der Waals surface area contributed by atoms with Gasteiger partial charge in [0.25, 0.3) is 5.56 Å². The topological polar surface area (TPSA) is 47.8 Å². The Labute approximate surface area is 142 Å². The van der Waals surface area contributed by atoms with Crippen LogP contribution in [0.4, 0.5) is 4.39 Å². The minimum atomic E-state index is -0.581. The van der Waals surface area contributed by atoms with E-state index in [9.17, 15) is 9.18 Å². The number of hydrogen-bond donors (Lipinski definition) is 0. The van der Waals surface area contributed by atoms with Crippen molar-refractivity contribution in [1.82, 2.24) is 14.5 Å². The van der Waals surface area contributed by atoms with Crippen molar-refractivity contribution in [1.29, 1.82) is 0 Å². The first-order valence-corrected chi connectivity index (χ1v) is 8.48. The van der Waals surface area contributed by atoms with Crippen molar-refractivity contribution in [2.75, 3.05) is 6.26 Å². The van der Waals surface area contributed by atoms with E-state index in [1.165, 1.54) is 42.4 Å². The van der Waals surface area contributed by atoms with Crippen molar-refractivity contribution < 1.29 is 4.39 Å². The summed E-state index contributed by atoms with van der Waals surface area (Å²) in [4.78, 5) is 21.0. The molecular weight excluding hydrogens is 393 g/mol. The van der Waals surface area contributed by atoms with E-state index < -0.39 is 11.4 Å². The van der Waals surface area contributed by atoms with E-state index in [1.807, 2.05) is 6.26 Å². The summed E-state index contributed by atoms with van der Waals surface area (Å²) in [6.45, 7) is 0. The Morgan fingerprint density at radius 1 is 1.41 bits per heavy atom. The molecular formula is C14H8BrClFN3OS. The van der Waals surface area contributed by atoms with Crippen molar-refractivity contribution in [2.45, 2.75) is 5.16 Å². The minimum Gasteiger partial charge on any atom is -0.278 e. The van der Waals surface area contributed by atoms with Crippen LogP contribution < -0.4 is 5.56 Å². The highest BCUT2D eigenvalue weighted by molar-refractivity contribution is 9.10. The molecule has 0 saturated carbocycles. The summed E-state index contributed by atoms with van der Waals surface area (Å²) in [7, 11) is 0. The fourth-order valence-electron chi connectivity index (χ4n) is 2.05. The number of pyridine rings is 1. The lowest BCUT2D eigenvalue weighted by Gasteiger charge is -2.11. The average Bonchev–Trinajstić information content (AvgIpc) is 2.51. The highest BCUT2D eigenvalue weighted by atomic mass is 79.9. The van der Waals surface area contributed by atoms with Crippen LogP contribution >= 0.6 is 39.3 Å². The molecule has 0 saturated heterocycles. The van der Waals surface area contributed by atoms with Gasteiger partial charge in [0, 0.05) is 12.4 Å². The van der Waals surface area contributed by atoms with Gasteiger partial charge in [-0.3, -0.25) is 9.36 Å². The number of fused-ring (bicyclic) bond motifs is 1. The monoisotopic (exact) mass is 399 g/mol. The van der Waals surface area contributed by atoms with E-state index in [0.717, 1.165) is 4.57 Å². The van der Waals surface area contributed by atoms with Gasteiger partial charge in [0.15, 0.2) is 5.16 Å². The maximum atomic E-state index is 14.1. The van der Waals surface area contributed by atoms with Gasteiger partial charge in [0.05, 0.1) is 20.4 Å². The second-order valence-electron chi connectivity index (χ2n) is 4.34. The molecule has 22 heavy (non-hydrogen) atoms. The Kier molecular flexibility index (Phi) is 4.20. The molecule has 0 atom stereocenters. The van der Waals surface area contributed by atoms with Crippen LogP contribution in [0.2, 0.25) is 5.02 Å². The summed E-state index contributed by atoms with van der Waals surface area (Å²) < 4.78 is 15.8. The second kappa shape index (κ2) is 5.98. The zero-order valence-electron chi connectivity index (χ0n) is 11.2. The molecule has 4 nitrogen and oxygen atoms in total. The Morgan fingerprint density at radius 3 is 2.86 bits per heavy atom. The molecule has 0 aliphatic rings. The van der Waals surface area contributed by atoms with E-state index in [4.69, 9.17) is 11.6 Å². The standard InChI is InChI=1S/C14H8BrClFN3OS/c1-22-14-18-5-7-11(19-14)8(15)6-20(13(7)21)12-9(16)3-2-4-10(12)17/h2-6H,1H3. The first-order chi connectivity index (χ1) is 10.5. The maximum absolute atomic E-state index is 14.1. The SMILES string of the molecule is CSc1ncc2c(=O)n(-c3c(F)cccc3Cl)cc(Br)c2n1. The lowest BCUT2D eigenvalue weighted by atomic mass is 10.2. The molecule has 2 aromatic heterocycles. The van der Waals surface area contributed by atoms with Crippen molar-refractivity contribution in [3.05, 3.63) is 56.3 Å². The molecule has 0 N–H and O–H groups in total. The first kappa shape index (κ1) is 15.5. The predicted molar refractivity (Wildman–Crippen MR) is 89.6 cm³/mol. The van der Waals surface area contributed by atoms with Gasteiger partial charge in [-0.2, -0.15) is 0 Å². The largest absolute Gasteiger partial charge is 0.278 e. The van der Waals surface area contributed by atoms with Gasteiger partial charge in [0.2, 0.25) is 0 Å². The molecule has 8 heteroatoms. The molecule has 112 valence electrons. The van der Waals surface area contributed by atoms with Crippen LogP contribution in [0.1, 0.15) is 0 Å². The van der Waals surface area contributed by atoms with Gasteiger partial charge in [-0.15, -0.1) is 0 Å². The number of aromatic nitrogens is 3. The minimum absolute atomic E-state index is 0.00529. The third-order valence-corrected chi connectivity index (χ3v) is 4.49. The first-order valence-electron chi connectivity index (χ1n) is 6.09. The van der Waals surface area contributed by atoms with Crippen LogP contribution in [-0.2, 0) is 0 Å². The smallest absolute Gasteiger partial charge is 0.266 e. The number of hydrogen-bond acceptors (Lipinski definition) is 4. The normalized spacial score (nSPS) is 11.1. The van der Waals surface area contributed by atoms with E-state index >= 15 is 0 Å². The molecule has 3 rings (SSSR count). The summed E-state index contributed by atoms with van der Waals surface area (Å²) in [5.74, 6) is -0.581. The highest BCUT2D eigenvalue weighted by Gasteiger charge is 2.16. The fraction of sp³-hybridized carbons (Fsp3) is 0.0714. The van der Waals surface area contributed by atoms with Gasteiger partial charge >= 0.3 is 0 Å². The average molecular weight is 401 g/mol. The Bertz CT molecular complexity index is 927. The molecule has 2 heterocycles. The number of nitrogens with zero attached hydrogens (tertiary/aromatic N) is 3. The number of halogens is 3. The molecule has 0 aliphatic heterocycles. The Morgan fingerprint density at radius 2 is 2.18 bits per heavy atom. The number of rotatable bonds is 2. The van der Waals surface area contributed by atoms with Crippen LogP contribution in [0.3, 0.4) is 0 Å². The number of para-hydroxylation sites is 1. The summed E-state index contributed by atoms with van der Waals surface area (Å²) in [5, 5.41) is 0.982. The van der Waals surface area contributed by atoms with Crippen LogP contribution in [-0.4, -0.2) is 20.8 Å². The molecule has 0 spiro atoms. The lowest BCUT2D eigenvalue weighted by molar-refractivity contribution is 0.616. The molecule has 0 bridgehead atoms. The molecule has 3 aromatic rings. The maximum Gasteiger partial charge on any atom is 0.266 e. The van der Waals surface area contributed by atoms with Crippen LogP contribution in [0.25, 0.3) is 16.6 Å². The van der Waals surface area contributed by atoms with Gasteiger partial charge in [-0.25, -0.2) is 14.4 Å². The van der Waals surface area contributed by atoms with Crippen LogP contribution in [0.15, 0.2) is 45.0 Å². The third kappa shape index (κ3) is 2.53. The van der Waals surface area contributed by atoms with E-state index in [-0.39, 0.29) is 16.1 Å². The summed E-state index contributed by atoms with van der Waals surface area (Å²) in [5.41, 5.74) is 0.0524. The zero-order chi connectivity index (χ0) is 15.9. The zero-order valence-corrected chi connectivity index (χ0v) is 14.3. The molecule has 0 aliphatic carbocycles. The quantitative estimate of drug-likeness (QED) is 0.481. The Balaban J connectivity index is 2.38. The second-order valence-corrected chi connectivity index (χ2v) is 6.38. The molecule has 1 aromatic carbocycles. The van der Waals surface area contributed by atoms with Crippen molar-refractivity contribution in [2.24, 2.45) is 0 Å². The fourth-order valence-corrected chi connectivity index (χ4v) is 3.15. The number of benzene rings is 1. The van der Waals surface area contributed by atoms with Gasteiger partial charge < -0.3 is 0 Å². The summed E-state index contributed by atoms with van der Waals surface area (Å²) >= 11 is 10.8. The van der Waals surface area contributed by atoms with E-state index in [2.05, 4.69) is 25.9 Å². The van der Waals surface area contributed by atoms with Crippen molar-refractivity contribution in [3.63, 3.8) is 0 Å². The molecule has 0 fully saturated rings. The molecule has 0 radical (unpaired) electrons. The van der Waals surface area contributed by atoms with Crippen LogP contribution in [0, 0.1) is 5.82 Å². The van der Waals surface area contributed by atoms with Gasteiger partial charge in [0.1, 0.15) is 11.5 Å². The van der Waals surface area contributed by atoms with Gasteiger partial charge in [-0.05, 0) is 34.3 Å². The third-order valence-electron chi connectivity index (χ3n) is 3.05. The van der Waals surface area contributed by atoms with Crippen molar-refractivity contribution >= 4 is 50.2 Å². The molecule has 0 amide bonds. The van der Waals surface area contributed by atoms with E-state index in [0.29, 0.717) is 15.1 Å². The van der Waals surface area contributed by atoms with Gasteiger partial charge in [-0.1, -0.05) is 29.4 Å². The lowest BCUT2D eigenvalue weighted by Crippen LogP contribution is -2.20. The summed E-state index contributed by atoms with van der Waals surface area (Å²) in [6.07, 6.45) is 4.74. The van der Waals surface area contributed by atoms with Crippen LogP contribution in [0.5, 0.6) is 0 Å². The summed E-state index contributed by atoms with van der Waals surface area (Å²) in [6, 6.07) is 4.26. The molecule has 0 unspecified atom stereocenters.